The second-order valence-electron chi connectivity index (χ2n) is 3.73. The monoisotopic (exact) mass is 313 g/mol. The third-order valence-corrected chi connectivity index (χ3v) is 2.72. The van der Waals surface area contributed by atoms with E-state index in [1.165, 1.54) is 5.56 Å². The van der Waals surface area contributed by atoms with Gasteiger partial charge < -0.3 is 9.72 Å². The molecule has 0 aliphatic heterocycles. The molecule has 2 nitrogen and oxygen atoms in total. The van der Waals surface area contributed by atoms with Crippen molar-refractivity contribution in [2.24, 2.45) is 0 Å². The van der Waals surface area contributed by atoms with E-state index in [4.69, 9.17) is 4.74 Å². The fourth-order valence-corrected chi connectivity index (χ4v) is 1.67. The Hall–Kier alpha value is -1.35. The van der Waals surface area contributed by atoms with Crippen molar-refractivity contribution in [2.75, 3.05) is 0 Å². The summed E-state index contributed by atoms with van der Waals surface area (Å²) in [6, 6.07) is 19.9. The predicted octanol–water partition coefficient (Wildman–Crippen LogP) is 4.00. The van der Waals surface area contributed by atoms with Gasteiger partial charge in [-0.2, -0.15) is 30.3 Å². The van der Waals surface area contributed by atoms with E-state index < -0.39 is 0 Å². The largest absolute Gasteiger partial charge is 2.00 e. The first-order chi connectivity index (χ1) is 8.86. The summed E-state index contributed by atoms with van der Waals surface area (Å²) in [6.07, 6.45) is 1.81. The van der Waals surface area contributed by atoms with Crippen LogP contribution in [0.15, 0.2) is 71.9 Å². The summed E-state index contributed by atoms with van der Waals surface area (Å²) in [4.78, 5) is 2.94. The summed E-state index contributed by atoms with van der Waals surface area (Å²) in [5, 5.41) is 0.770. The van der Waals surface area contributed by atoms with Crippen molar-refractivity contribution in [1.29, 1.82) is 0 Å². The predicted molar refractivity (Wildman–Crippen MR) is 76.4 cm³/mol. The minimum atomic E-state index is 0. The van der Waals surface area contributed by atoms with Gasteiger partial charge in [-0.3, -0.25) is 0 Å². The third-order valence-electron chi connectivity index (χ3n) is 2.37. The minimum absolute atomic E-state index is 0. The van der Waals surface area contributed by atoms with Gasteiger partial charge in [0.1, 0.15) is 10.8 Å². The van der Waals surface area contributed by atoms with Crippen LogP contribution in [0.2, 0.25) is 0 Å². The van der Waals surface area contributed by atoms with Crippen LogP contribution in [-0.2, 0) is 23.7 Å². The van der Waals surface area contributed by atoms with Crippen LogP contribution in [0.4, 0.5) is 0 Å². The van der Waals surface area contributed by atoms with Gasteiger partial charge in [-0.15, -0.1) is 18.2 Å². The molecule has 3 aromatic rings. The first-order valence-corrected chi connectivity index (χ1v) is 6.17. The summed E-state index contributed by atoms with van der Waals surface area (Å²) in [5.74, 6) is 0.796. The van der Waals surface area contributed by atoms with E-state index in [0.717, 1.165) is 10.8 Å². The van der Waals surface area contributed by atoms with E-state index in [0.29, 0.717) is 6.61 Å². The molecule has 0 aliphatic carbocycles. The van der Waals surface area contributed by atoms with Crippen LogP contribution in [-0.4, -0.2) is 4.98 Å². The first-order valence-electron chi connectivity index (χ1n) is 5.72. The Morgan fingerprint density at radius 2 is 1.84 bits per heavy atom. The van der Waals surface area contributed by atoms with Crippen LogP contribution in [0.5, 0.6) is 5.75 Å². The molecule has 0 amide bonds. The van der Waals surface area contributed by atoms with Crippen molar-refractivity contribution in [3.05, 3.63) is 72.4 Å². The molecule has 0 fully saturated rings. The van der Waals surface area contributed by atoms with Crippen molar-refractivity contribution in [2.45, 2.75) is 11.6 Å². The van der Waals surface area contributed by atoms with E-state index in [-0.39, 0.29) is 17.1 Å². The minimum Gasteiger partial charge on any atom is -0.498 e. The van der Waals surface area contributed by atoms with Crippen molar-refractivity contribution in [3.63, 3.8) is 0 Å². The SMILES string of the molecule is Sc1[nH]ccc1OC[c-]1cccc1.[Fe+2].c1cc[cH-]c1. The number of hydrogen-bond donors (Lipinski definition) is 2. The molecule has 19 heavy (non-hydrogen) atoms. The molecule has 2 aromatic carbocycles. The molecular weight excluding hydrogens is 298 g/mol. The number of aromatic nitrogens is 1. The summed E-state index contributed by atoms with van der Waals surface area (Å²) in [7, 11) is 0. The molecule has 3 rings (SSSR count). The second-order valence-corrected chi connectivity index (χ2v) is 4.18. The van der Waals surface area contributed by atoms with Crippen molar-refractivity contribution >= 4 is 12.6 Å². The Balaban J connectivity index is 0.000000256. The fraction of sp³-hybridized carbons (Fsp3) is 0.0667. The van der Waals surface area contributed by atoms with E-state index >= 15 is 0 Å². The van der Waals surface area contributed by atoms with Crippen molar-refractivity contribution in [3.8, 4) is 5.75 Å². The van der Waals surface area contributed by atoms with Gasteiger partial charge in [0, 0.05) is 6.20 Å². The Morgan fingerprint density at radius 3 is 2.32 bits per heavy atom. The van der Waals surface area contributed by atoms with E-state index in [9.17, 15) is 0 Å². The van der Waals surface area contributed by atoms with Crippen molar-refractivity contribution < 1.29 is 21.8 Å². The molecule has 0 bridgehead atoms. The Bertz CT molecular complexity index is 511. The molecule has 1 heterocycles. The fourth-order valence-electron chi connectivity index (χ4n) is 1.45. The van der Waals surface area contributed by atoms with Gasteiger partial charge in [0.25, 0.3) is 0 Å². The van der Waals surface area contributed by atoms with Crippen molar-refractivity contribution in [1.82, 2.24) is 4.98 Å². The topological polar surface area (TPSA) is 25.0 Å². The molecule has 4 heteroatoms. The Morgan fingerprint density at radius 1 is 1.16 bits per heavy atom. The molecule has 100 valence electrons. The van der Waals surface area contributed by atoms with Crippen LogP contribution >= 0.6 is 12.6 Å². The molecule has 1 N–H and O–H groups in total. The smallest absolute Gasteiger partial charge is 0.498 e. The third kappa shape index (κ3) is 5.43. The Labute approximate surface area is 129 Å². The van der Waals surface area contributed by atoms with Gasteiger partial charge in [0.05, 0.1) is 6.61 Å². The summed E-state index contributed by atoms with van der Waals surface area (Å²) < 4.78 is 5.51. The average molecular weight is 313 g/mol. The molecule has 0 aliphatic rings. The summed E-state index contributed by atoms with van der Waals surface area (Å²) in [5.41, 5.74) is 1.17. The zero-order chi connectivity index (χ0) is 12.6. The average Bonchev–Trinajstić information content (AvgIpc) is 3.13. The van der Waals surface area contributed by atoms with Gasteiger partial charge in [-0.05, 0) is 6.07 Å². The number of aromatic amines is 1. The van der Waals surface area contributed by atoms with Crippen LogP contribution in [0.3, 0.4) is 0 Å². The number of nitrogens with one attached hydrogen (secondary N) is 1. The molecular formula is C15H15FeNOS. The van der Waals surface area contributed by atoms with Gasteiger partial charge in [-0.25, -0.2) is 24.3 Å². The zero-order valence-corrected chi connectivity index (χ0v) is 12.3. The van der Waals surface area contributed by atoms with Gasteiger partial charge >= 0.3 is 17.1 Å². The van der Waals surface area contributed by atoms with E-state index in [2.05, 4.69) is 17.6 Å². The molecule has 0 spiro atoms. The zero-order valence-electron chi connectivity index (χ0n) is 10.3. The molecule has 0 atom stereocenters. The van der Waals surface area contributed by atoms with E-state index in [1.54, 1.807) is 0 Å². The van der Waals surface area contributed by atoms with Crippen LogP contribution in [0.1, 0.15) is 5.56 Å². The molecule has 1 aromatic heterocycles. The van der Waals surface area contributed by atoms with E-state index in [1.807, 2.05) is 66.9 Å². The van der Waals surface area contributed by atoms with Crippen LogP contribution in [0.25, 0.3) is 0 Å². The number of hydrogen-bond acceptors (Lipinski definition) is 2. The molecule has 0 saturated carbocycles. The number of ether oxygens (including phenoxy) is 1. The molecule has 0 radical (unpaired) electrons. The number of thiol groups is 1. The summed E-state index contributed by atoms with van der Waals surface area (Å²) in [6.45, 7) is 0.596. The van der Waals surface area contributed by atoms with Gasteiger partial charge in [0.2, 0.25) is 0 Å². The number of H-pyrrole nitrogens is 1. The summed E-state index contributed by atoms with van der Waals surface area (Å²) >= 11 is 4.20. The standard InChI is InChI=1S/C10H10NOS.C5H5.Fe/c13-10-9(5-6-11-10)12-7-8-3-1-2-4-8;1-2-4-5-3-1;/h1-6,11,13H,7H2;1-5H;/q2*-1;+2. The maximum absolute atomic E-state index is 5.51. The second kappa shape index (κ2) is 8.70. The van der Waals surface area contributed by atoms with Crippen LogP contribution < -0.4 is 4.74 Å². The molecule has 0 unspecified atom stereocenters. The van der Waals surface area contributed by atoms with Gasteiger partial charge in [0.15, 0.2) is 0 Å². The first kappa shape index (κ1) is 15.7. The molecule has 0 saturated heterocycles. The number of rotatable bonds is 3. The maximum Gasteiger partial charge on any atom is 2.00 e. The van der Waals surface area contributed by atoms with Gasteiger partial charge in [-0.1, -0.05) is 0 Å². The Kier molecular flexibility index (Phi) is 7.19. The quantitative estimate of drug-likeness (QED) is 0.426. The van der Waals surface area contributed by atoms with Crippen LogP contribution in [0, 0.1) is 0 Å². The maximum atomic E-state index is 5.51. The normalized spacial score (nSPS) is 9.11.